The van der Waals surface area contributed by atoms with Crippen LogP contribution in [0.4, 0.5) is 5.69 Å². The standard InChI is InChI=1S/C25H33N5/c1-27-12-10-20(11-13-27)19-29-14-16-30(17-15-29)22-7-5-6-21(18-22)25-26-23-8-3-4-9-24(23)28(25)2/h3-9,18,20H,10-17,19H2,1-2H3. The zero-order chi connectivity index (χ0) is 20.5. The third-order valence-electron chi connectivity index (χ3n) is 6.98. The van der Waals surface area contributed by atoms with Crippen molar-refractivity contribution in [1.29, 1.82) is 0 Å². The highest BCUT2D eigenvalue weighted by Gasteiger charge is 2.23. The van der Waals surface area contributed by atoms with Crippen LogP contribution in [0.25, 0.3) is 22.4 Å². The molecule has 0 amide bonds. The second-order valence-electron chi connectivity index (χ2n) is 9.07. The van der Waals surface area contributed by atoms with E-state index in [-0.39, 0.29) is 0 Å². The summed E-state index contributed by atoms with van der Waals surface area (Å²) in [6.07, 6.45) is 2.72. The lowest BCUT2D eigenvalue weighted by molar-refractivity contribution is 0.155. The van der Waals surface area contributed by atoms with Gasteiger partial charge < -0.3 is 14.4 Å². The average Bonchev–Trinajstić information content (AvgIpc) is 3.13. The van der Waals surface area contributed by atoms with Gasteiger partial charge in [-0.3, -0.25) is 4.90 Å². The number of fused-ring (bicyclic) bond motifs is 1. The molecule has 0 spiro atoms. The Morgan fingerprint density at radius 2 is 1.63 bits per heavy atom. The largest absolute Gasteiger partial charge is 0.369 e. The molecule has 158 valence electrons. The molecule has 0 bridgehead atoms. The number of piperazine rings is 1. The first-order chi connectivity index (χ1) is 14.7. The molecule has 0 unspecified atom stereocenters. The minimum Gasteiger partial charge on any atom is -0.369 e. The zero-order valence-electron chi connectivity index (χ0n) is 18.3. The van der Waals surface area contributed by atoms with Gasteiger partial charge in [0.25, 0.3) is 0 Å². The molecule has 3 heterocycles. The fourth-order valence-corrected chi connectivity index (χ4v) is 5.04. The predicted octanol–water partition coefficient (Wildman–Crippen LogP) is 3.70. The molecule has 5 rings (SSSR count). The molecule has 5 heteroatoms. The number of likely N-dealkylation sites (tertiary alicyclic amines) is 1. The second-order valence-corrected chi connectivity index (χ2v) is 9.07. The molecule has 2 aliphatic heterocycles. The van der Waals surface area contributed by atoms with Crippen molar-refractivity contribution in [2.75, 3.05) is 57.8 Å². The molecule has 30 heavy (non-hydrogen) atoms. The van der Waals surface area contributed by atoms with Gasteiger partial charge in [-0.05, 0) is 63.2 Å². The summed E-state index contributed by atoms with van der Waals surface area (Å²) in [4.78, 5) is 12.6. The van der Waals surface area contributed by atoms with Crippen molar-refractivity contribution in [1.82, 2.24) is 19.4 Å². The van der Waals surface area contributed by atoms with Crippen molar-refractivity contribution >= 4 is 16.7 Å². The van der Waals surface area contributed by atoms with Crippen LogP contribution in [0.1, 0.15) is 12.8 Å². The number of hydrogen-bond donors (Lipinski definition) is 0. The molecular formula is C25H33N5. The van der Waals surface area contributed by atoms with Gasteiger partial charge in [-0.2, -0.15) is 0 Å². The van der Waals surface area contributed by atoms with E-state index in [1.54, 1.807) is 0 Å². The van der Waals surface area contributed by atoms with Crippen LogP contribution in [0, 0.1) is 5.92 Å². The molecule has 0 N–H and O–H groups in total. The molecule has 1 aromatic heterocycles. The van der Waals surface area contributed by atoms with E-state index in [1.165, 1.54) is 62.3 Å². The minimum atomic E-state index is 0.883. The SMILES string of the molecule is CN1CCC(CN2CCN(c3cccc(-c4nc5ccccc5n4C)c3)CC2)CC1. The van der Waals surface area contributed by atoms with Gasteiger partial charge in [0.15, 0.2) is 0 Å². The second kappa shape index (κ2) is 8.40. The molecule has 2 saturated heterocycles. The fourth-order valence-electron chi connectivity index (χ4n) is 5.04. The monoisotopic (exact) mass is 403 g/mol. The lowest BCUT2D eigenvalue weighted by Gasteiger charge is -2.39. The maximum Gasteiger partial charge on any atom is 0.140 e. The summed E-state index contributed by atoms with van der Waals surface area (Å²) < 4.78 is 2.20. The number of hydrogen-bond acceptors (Lipinski definition) is 4. The van der Waals surface area contributed by atoms with E-state index in [2.05, 4.69) is 81.9 Å². The number of imidazole rings is 1. The Morgan fingerprint density at radius 1 is 0.867 bits per heavy atom. The topological polar surface area (TPSA) is 27.5 Å². The molecule has 2 aliphatic rings. The number of aryl methyl sites for hydroxylation is 1. The summed E-state index contributed by atoms with van der Waals surface area (Å²) in [5.74, 6) is 1.92. The number of aromatic nitrogens is 2. The molecule has 2 fully saturated rings. The number of para-hydroxylation sites is 2. The molecule has 2 aromatic carbocycles. The Bertz CT molecular complexity index is 994. The lowest BCUT2D eigenvalue weighted by Crippen LogP contribution is -2.48. The van der Waals surface area contributed by atoms with E-state index in [4.69, 9.17) is 4.98 Å². The van der Waals surface area contributed by atoms with Gasteiger partial charge in [0.2, 0.25) is 0 Å². The normalized spacial score (nSPS) is 19.6. The molecule has 5 nitrogen and oxygen atoms in total. The number of rotatable bonds is 4. The highest BCUT2D eigenvalue weighted by atomic mass is 15.3. The summed E-state index contributed by atoms with van der Waals surface area (Å²) >= 11 is 0. The van der Waals surface area contributed by atoms with Crippen LogP contribution in [0.2, 0.25) is 0 Å². The van der Waals surface area contributed by atoms with Crippen LogP contribution < -0.4 is 4.90 Å². The van der Waals surface area contributed by atoms with Gasteiger partial charge >= 0.3 is 0 Å². The van der Waals surface area contributed by atoms with E-state index in [0.29, 0.717) is 0 Å². The highest BCUT2D eigenvalue weighted by Crippen LogP contribution is 2.28. The maximum absolute atomic E-state index is 4.88. The van der Waals surface area contributed by atoms with Crippen molar-refractivity contribution in [3.63, 3.8) is 0 Å². The Morgan fingerprint density at radius 3 is 2.40 bits per heavy atom. The Kier molecular flexibility index (Phi) is 5.48. The molecular weight excluding hydrogens is 370 g/mol. The van der Waals surface area contributed by atoms with Crippen molar-refractivity contribution in [3.05, 3.63) is 48.5 Å². The molecule has 0 atom stereocenters. The van der Waals surface area contributed by atoms with Crippen LogP contribution in [0.3, 0.4) is 0 Å². The van der Waals surface area contributed by atoms with Crippen LogP contribution in [-0.4, -0.2) is 72.2 Å². The van der Waals surface area contributed by atoms with Crippen LogP contribution in [0.5, 0.6) is 0 Å². The van der Waals surface area contributed by atoms with Crippen LogP contribution in [-0.2, 0) is 7.05 Å². The summed E-state index contributed by atoms with van der Waals surface area (Å²) in [6, 6.07) is 17.3. The fraction of sp³-hybridized carbons (Fsp3) is 0.480. The van der Waals surface area contributed by atoms with Crippen molar-refractivity contribution in [2.45, 2.75) is 12.8 Å². The van der Waals surface area contributed by atoms with E-state index >= 15 is 0 Å². The Hall–Kier alpha value is -2.37. The smallest absolute Gasteiger partial charge is 0.140 e. The molecule has 0 aliphatic carbocycles. The van der Waals surface area contributed by atoms with Gasteiger partial charge in [-0.25, -0.2) is 4.98 Å². The zero-order valence-corrected chi connectivity index (χ0v) is 18.3. The quantitative estimate of drug-likeness (QED) is 0.664. The summed E-state index contributed by atoms with van der Waals surface area (Å²) in [5, 5.41) is 0. The molecule has 0 radical (unpaired) electrons. The van der Waals surface area contributed by atoms with Gasteiger partial charge in [0, 0.05) is 51.0 Å². The predicted molar refractivity (Wildman–Crippen MR) is 125 cm³/mol. The van der Waals surface area contributed by atoms with Gasteiger partial charge in [0.05, 0.1) is 11.0 Å². The molecule has 3 aromatic rings. The first-order valence-corrected chi connectivity index (χ1v) is 11.3. The average molecular weight is 404 g/mol. The Labute approximate surface area is 179 Å². The third kappa shape index (κ3) is 3.96. The van der Waals surface area contributed by atoms with E-state index in [0.717, 1.165) is 30.3 Å². The van der Waals surface area contributed by atoms with Crippen molar-refractivity contribution in [3.8, 4) is 11.4 Å². The van der Waals surface area contributed by atoms with Gasteiger partial charge in [0.1, 0.15) is 5.82 Å². The number of piperidine rings is 1. The summed E-state index contributed by atoms with van der Waals surface area (Å²) in [7, 11) is 4.36. The van der Waals surface area contributed by atoms with Gasteiger partial charge in [-0.1, -0.05) is 24.3 Å². The number of nitrogens with zero attached hydrogens (tertiary/aromatic N) is 5. The summed E-state index contributed by atoms with van der Waals surface area (Å²) in [6.45, 7) is 8.36. The summed E-state index contributed by atoms with van der Waals surface area (Å²) in [5.41, 5.74) is 4.75. The van der Waals surface area contributed by atoms with Gasteiger partial charge in [-0.15, -0.1) is 0 Å². The first kappa shape index (κ1) is 19.6. The van der Waals surface area contributed by atoms with Crippen molar-refractivity contribution in [2.24, 2.45) is 13.0 Å². The van der Waals surface area contributed by atoms with E-state index < -0.39 is 0 Å². The highest BCUT2D eigenvalue weighted by molar-refractivity contribution is 5.81. The van der Waals surface area contributed by atoms with Crippen LogP contribution >= 0.6 is 0 Å². The van der Waals surface area contributed by atoms with E-state index in [1.807, 2.05) is 0 Å². The van der Waals surface area contributed by atoms with Crippen molar-refractivity contribution < 1.29 is 0 Å². The first-order valence-electron chi connectivity index (χ1n) is 11.3. The maximum atomic E-state index is 4.88. The Balaban J connectivity index is 1.25. The number of anilines is 1. The number of benzene rings is 2. The minimum absolute atomic E-state index is 0.883. The van der Waals surface area contributed by atoms with E-state index in [9.17, 15) is 0 Å². The van der Waals surface area contributed by atoms with Crippen LogP contribution in [0.15, 0.2) is 48.5 Å². The third-order valence-corrected chi connectivity index (χ3v) is 6.98. The molecule has 0 saturated carbocycles. The lowest BCUT2D eigenvalue weighted by atomic mass is 9.96.